The predicted octanol–water partition coefficient (Wildman–Crippen LogP) is 2.04. The van der Waals surface area contributed by atoms with Gasteiger partial charge in [-0.25, -0.2) is 0 Å². The Labute approximate surface area is 97.4 Å². The summed E-state index contributed by atoms with van der Waals surface area (Å²) in [5.74, 6) is -1.36. The molecule has 0 aromatic carbocycles. The van der Waals surface area contributed by atoms with Crippen LogP contribution in [0.1, 0.15) is 46.5 Å². The van der Waals surface area contributed by atoms with Gasteiger partial charge >= 0.3 is 5.97 Å². The normalized spacial score (nSPS) is 12.5. The van der Waals surface area contributed by atoms with Gasteiger partial charge in [-0.3, -0.25) is 9.59 Å². The average molecular weight is 229 g/mol. The molecule has 0 bridgehead atoms. The summed E-state index contributed by atoms with van der Waals surface area (Å²) in [6, 6.07) is 0. The number of carboxylic acids is 1. The molecule has 0 aliphatic heterocycles. The number of carboxylic acid groups (broad SMARTS) is 1. The molecule has 0 radical (unpaired) electrons. The zero-order valence-electron chi connectivity index (χ0n) is 10.5. The summed E-state index contributed by atoms with van der Waals surface area (Å²) < 4.78 is 0. The highest BCUT2D eigenvalue weighted by Gasteiger charge is 2.18. The third-order valence-corrected chi connectivity index (χ3v) is 2.65. The molecule has 1 amide bonds. The van der Waals surface area contributed by atoms with E-state index in [-0.39, 0.29) is 18.4 Å². The highest BCUT2D eigenvalue weighted by atomic mass is 16.4. The number of carbonyl (C=O) groups is 2. The molecule has 1 atom stereocenters. The number of hydrogen-bond donors (Lipinski definition) is 2. The van der Waals surface area contributed by atoms with Crippen LogP contribution in [0, 0.1) is 11.8 Å². The smallest absolute Gasteiger partial charge is 0.308 e. The number of aliphatic carboxylic acids is 1. The van der Waals surface area contributed by atoms with Crippen molar-refractivity contribution >= 4 is 11.9 Å². The van der Waals surface area contributed by atoms with E-state index in [0.29, 0.717) is 0 Å². The summed E-state index contributed by atoms with van der Waals surface area (Å²) in [6.07, 6.45) is 3.71. The van der Waals surface area contributed by atoms with E-state index in [1.54, 1.807) is 6.92 Å². The van der Waals surface area contributed by atoms with Gasteiger partial charge in [-0.15, -0.1) is 0 Å². The minimum Gasteiger partial charge on any atom is -0.481 e. The van der Waals surface area contributed by atoms with Crippen molar-refractivity contribution in [1.29, 1.82) is 0 Å². The first-order chi connectivity index (χ1) is 7.52. The van der Waals surface area contributed by atoms with Crippen LogP contribution in [-0.2, 0) is 9.59 Å². The third kappa shape index (κ3) is 5.73. The van der Waals surface area contributed by atoms with E-state index in [4.69, 9.17) is 5.11 Å². The summed E-state index contributed by atoms with van der Waals surface area (Å²) in [5.41, 5.74) is 0. The average Bonchev–Trinajstić information content (AvgIpc) is 2.24. The van der Waals surface area contributed by atoms with Gasteiger partial charge in [0.25, 0.3) is 0 Å². The monoisotopic (exact) mass is 229 g/mol. The van der Waals surface area contributed by atoms with Crippen molar-refractivity contribution < 1.29 is 14.7 Å². The first-order valence-electron chi connectivity index (χ1n) is 6.03. The van der Waals surface area contributed by atoms with E-state index >= 15 is 0 Å². The Kier molecular flexibility index (Phi) is 7.60. The van der Waals surface area contributed by atoms with Crippen LogP contribution in [-0.4, -0.2) is 23.5 Å². The van der Waals surface area contributed by atoms with E-state index in [2.05, 4.69) is 19.2 Å². The number of nitrogens with one attached hydrogen (secondary N) is 1. The molecule has 0 fully saturated rings. The molecule has 0 rings (SSSR count). The number of hydrogen-bond acceptors (Lipinski definition) is 2. The molecule has 4 nitrogen and oxygen atoms in total. The molecule has 0 aromatic heterocycles. The zero-order valence-corrected chi connectivity index (χ0v) is 10.5. The van der Waals surface area contributed by atoms with Crippen LogP contribution >= 0.6 is 0 Å². The Morgan fingerprint density at radius 3 is 2.06 bits per heavy atom. The van der Waals surface area contributed by atoms with Gasteiger partial charge in [0.1, 0.15) is 0 Å². The lowest BCUT2D eigenvalue weighted by atomic mass is 9.97. The SMILES string of the molecule is CCCC(CCC)C(=O)NCC(C)C(=O)O. The van der Waals surface area contributed by atoms with Gasteiger partial charge in [0, 0.05) is 12.5 Å². The molecule has 0 aromatic rings. The molecule has 4 heteroatoms. The summed E-state index contributed by atoms with van der Waals surface area (Å²) in [6.45, 7) is 5.92. The lowest BCUT2D eigenvalue weighted by Crippen LogP contribution is -2.35. The minimum atomic E-state index is -0.872. The second-order valence-electron chi connectivity index (χ2n) is 4.26. The van der Waals surface area contributed by atoms with Crippen molar-refractivity contribution in [2.75, 3.05) is 6.54 Å². The zero-order chi connectivity index (χ0) is 12.6. The van der Waals surface area contributed by atoms with Crippen molar-refractivity contribution in [2.45, 2.75) is 46.5 Å². The van der Waals surface area contributed by atoms with E-state index in [9.17, 15) is 9.59 Å². The molecule has 0 aliphatic carbocycles. The van der Waals surface area contributed by atoms with Crippen molar-refractivity contribution in [3.63, 3.8) is 0 Å². The Bertz CT molecular complexity index is 222. The second kappa shape index (κ2) is 8.13. The van der Waals surface area contributed by atoms with E-state index in [1.165, 1.54) is 0 Å². The van der Waals surface area contributed by atoms with Crippen molar-refractivity contribution in [3.05, 3.63) is 0 Å². The first-order valence-corrected chi connectivity index (χ1v) is 6.03. The third-order valence-electron chi connectivity index (χ3n) is 2.65. The molecule has 0 saturated carbocycles. The highest BCUT2D eigenvalue weighted by Crippen LogP contribution is 2.13. The van der Waals surface area contributed by atoms with Gasteiger partial charge in [-0.1, -0.05) is 33.6 Å². The maximum Gasteiger partial charge on any atom is 0.308 e. The standard InChI is InChI=1S/C12H23NO3/c1-4-6-10(7-5-2)11(14)13-8-9(3)12(15)16/h9-10H,4-8H2,1-3H3,(H,13,14)(H,15,16). The number of amides is 1. The fraction of sp³-hybridized carbons (Fsp3) is 0.833. The van der Waals surface area contributed by atoms with Crippen LogP contribution in [0.2, 0.25) is 0 Å². The molecule has 94 valence electrons. The molecular weight excluding hydrogens is 206 g/mol. The molecule has 0 saturated heterocycles. The van der Waals surface area contributed by atoms with Gasteiger partial charge in [0.15, 0.2) is 0 Å². The quantitative estimate of drug-likeness (QED) is 0.669. The molecule has 16 heavy (non-hydrogen) atoms. The minimum absolute atomic E-state index is 0.00296. The van der Waals surface area contributed by atoms with Crippen LogP contribution < -0.4 is 5.32 Å². The van der Waals surface area contributed by atoms with Gasteiger partial charge in [0.2, 0.25) is 5.91 Å². The maximum atomic E-state index is 11.7. The Morgan fingerprint density at radius 1 is 1.19 bits per heavy atom. The molecule has 0 spiro atoms. The van der Waals surface area contributed by atoms with Crippen LogP contribution in [0.3, 0.4) is 0 Å². The first kappa shape index (κ1) is 14.9. The van der Waals surface area contributed by atoms with Crippen LogP contribution in [0.25, 0.3) is 0 Å². The van der Waals surface area contributed by atoms with E-state index < -0.39 is 11.9 Å². The van der Waals surface area contributed by atoms with Gasteiger partial charge in [-0.2, -0.15) is 0 Å². The Hall–Kier alpha value is -1.06. The lowest BCUT2D eigenvalue weighted by Gasteiger charge is -2.16. The van der Waals surface area contributed by atoms with Crippen LogP contribution in [0.4, 0.5) is 0 Å². The summed E-state index contributed by atoms with van der Waals surface area (Å²) in [4.78, 5) is 22.3. The number of carbonyl (C=O) groups excluding carboxylic acids is 1. The molecular formula is C12H23NO3. The topological polar surface area (TPSA) is 66.4 Å². The molecule has 0 aliphatic rings. The van der Waals surface area contributed by atoms with Crippen molar-refractivity contribution in [3.8, 4) is 0 Å². The Morgan fingerprint density at radius 2 is 1.69 bits per heavy atom. The Balaban J connectivity index is 4.04. The molecule has 2 N–H and O–H groups in total. The lowest BCUT2D eigenvalue weighted by molar-refractivity contribution is -0.141. The van der Waals surface area contributed by atoms with E-state index in [0.717, 1.165) is 25.7 Å². The van der Waals surface area contributed by atoms with Gasteiger partial charge in [0.05, 0.1) is 5.92 Å². The summed E-state index contributed by atoms with van der Waals surface area (Å²) in [7, 11) is 0. The van der Waals surface area contributed by atoms with Crippen LogP contribution in [0.5, 0.6) is 0 Å². The largest absolute Gasteiger partial charge is 0.481 e. The van der Waals surface area contributed by atoms with Gasteiger partial charge in [-0.05, 0) is 12.8 Å². The van der Waals surface area contributed by atoms with E-state index in [1.807, 2.05) is 0 Å². The molecule has 1 unspecified atom stereocenters. The molecule has 0 heterocycles. The summed E-state index contributed by atoms with van der Waals surface area (Å²) in [5, 5.41) is 11.4. The highest BCUT2D eigenvalue weighted by molar-refractivity contribution is 5.79. The van der Waals surface area contributed by atoms with Crippen LogP contribution in [0.15, 0.2) is 0 Å². The maximum absolute atomic E-state index is 11.7. The second-order valence-corrected chi connectivity index (χ2v) is 4.26. The van der Waals surface area contributed by atoms with Crippen molar-refractivity contribution in [2.24, 2.45) is 11.8 Å². The summed E-state index contributed by atoms with van der Waals surface area (Å²) >= 11 is 0. The predicted molar refractivity (Wildman–Crippen MR) is 63.1 cm³/mol. The fourth-order valence-corrected chi connectivity index (χ4v) is 1.59. The number of rotatable bonds is 8. The fourth-order valence-electron chi connectivity index (χ4n) is 1.59. The van der Waals surface area contributed by atoms with Crippen molar-refractivity contribution in [1.82, 2.24) is 5.32 Å². The van der Waals surface area contributed by atoms with Gasteiger partial charge < -0.3 is 10.4 Å².